The van der Waals surface area contributed by atoms with E-state index in [0.717, 1.165) is 11.0 Å². The largest absolute Gasteiger partial charge is 0.472 e. The maximum Gasteiger partial charge on any atom is 0.0952 e. The Hall–Kier alpha value is -1.26. The third kappa shape index (κ3) is 3.39. The van der Waals surface area contributed by atoms with Gasteiger partial charge in [-0.1, -0.05) is 22.0 Å². The van der Waals surface area contributed by atoms with Crippen molar-refractivity contribution in [2.75, 3.05) is 19.0 Å². The Bertz CT molecular complexity index is 525. The molecule has 4 heteroatoms. The van der Waals surface area contributed by atoms with Crippen LogP contribution in [0.25, 0.3) is 0 Å². The summed E-state index contributed by atoms with van der Waals surface area (Å²) >= 11 is 3.55. The number of rotatable bonds is 5. The van der Waals surface area contributed by atoms with Crippen LogP contribution in [0.15, 0.2) is 45.7 Å². The molecule has 1 unspecified atom stereocenters. The number of halogens is 1. The summed E-state index contributed by atoms with van der Waals surface area (Å²) < 4.78 is 6.22. The molecule has 102 valence electrons. The second kappa shape index (κ2) is 6.26. The molecule has 3 nitrogen and oxygen atoms in total. The molecule has 0 saturated heterocycles. The van der Waals surface area contributed by atoms with Crippen molar-refractivity contribution < 1.29 is 4.42 Å². The summed E-state index contributed by atoms with van der Waals surface area (Å²) in [5.41, 5.74) is 3.68. The van der Waals surface area contributed by atoms with Gasteiger partial charge in [-0.05, 0) is 37.7 Å². The van der Waals surface area contributed by atoms with E-state index >= 15 is 0 Å². The van der Waals surface area contributed by atoms with E-state index < -0.39 is 0 Å². The minimum atomic E-state index is 0.315. The van der Waals surface area contributed by atoms with Gasteiger partial charge >= 0.3 is 0 Å². The molecule has 19 heavy (non-hydrogen) atoms. The zero-order valence-electron chi connectivity index (χ0n) is 11.5. The third-order valence-electron chi connectivity index (χ3n) is 3.30. The van der Waals surface area contributed by atoms with Gasteiger partial charge in [0.25, 0.3) is 0 Å². The molecule has 0 amide bonds. The third-order valence-corrected chi connectivity index (χ3v) is 3.80. The Morgan fingerprint density at radius 1 is 1.37 bits per heavy atom. The number of hydrogen-bond acceptors (Lipinski definition) is 3. The van der Waals surface area contributed by atoms with E-state index in [4.69, 9.17) is 4.42 Å². The first-order chi connectivity index (χ1) is 9.11. The fourth-order valence-electron chi connectivity index (χ4n) is 2.11. The molecule has 1 N–H and O–H groups in total. The number of benzene rings is 1. The molecule has 0 bridgehead atoms. The lowest BCUT2D eigenvalue weighted by Gasteiger charge is -2.25. The van der Waals surface area contributed by atoms with Crippen molar-refractivity contribution in [1.29, 1.82) is 0 Å². The maximum absolute atomic E-state index is 5.13. The monoisotopic (exact) mass is 322 g/mol. The lowest BCUT2D eigenvalue weighted by molar-refractivity contribution is 0.563. The van der Waals surface area contributed by atoms with Crippen LogP contribution in [0, 0.1) is 0 Å². The summed E-state index contributed by atoms with van der Waals surface area (Å²) in [6, 6.07) is 8.71. The average molecular weight is 323 g/mol. The number of furan rings is 1. The predicted octanol–water partition coefficient (Wildman–Crippen LogP) is 3.96. The fourth-order valence-corrected chi connectivity index (χ4v) is 2.46. The molecular formula is C15H19BrN2O. The number of anilines is 1. The Morgan fingerprint density at radius 2 is 2.16 bits per heavy atom. The van der Waals surface area contributed by atoms with E-state index in [-0.39, 0.29) is 0 Å². The van der Waals surface area contributed by atoms with E-state index in [2.05, 4.69) is 58.3 Å². The first kappa shape index (κ1) is 14.2. The van der Waals surface area contributed by atoms with Crippen molar-refractivity contribution in [3.63, 3.8) is 0 Å². The molecule has 2 rings (SSSR count). The van der Waals surface area contributed by atoms with E-state index in [1.165, 1.54) is 16.8 Å². The first-order valence-corrected chi connectivity index (χ1v) is 7.10. The van der Waals surface area contributed by atoms with Crippen LogP contribution < -0.4 is 10.2 Å². The van der Waals surface area contributed by atoms with Crippen molar-refractivity contribution in [1.82, 2.24) is 5.32 Å². The van der Waals surface area contributed by atoms with Crippen molar-refractivity contribution in [2.45, 2.75) is 19.5 Å². The quantitative estimate of drug-likeness (QED) is 0.903. The van der Waals surface area contributed by atoms with Gasteiger partial charge in [-0.15, -0.1) is 0 Å². The molecule has 0 aliphatic rings. The fraction of sp³-hybridized carbons (Fsp3) is 0.333. The summed E-state index contributed by atoms with van der Waals surface area (Å²) in [5, 5.41) is 3.29. The topological polar surface area (TPSA) is 28.4 Å². The molecule has 1 aromatic heterocycles. The van der Waals surface area contributed by atoms with E-state index in [1.54, 1.807) is 12.5 Å². The number of nitrogens with zero attached hydrogens (tertiary/aromatic N) is 1. The highest BCUT2D eigenvalue weighted by Crippen LogP contribution is 2.29. The van der Waals surface area contributed by atoms with Crippen LogP contribution in [0.3, 0.4) is 0 Å². The van der Waals surface area contributed by atoms with Crippen molar-refractivity contribution in [2.24, 2.45) is 0 Å². The molecule has 1 heterocycles. The van der Waals surface area contributed by atoms with Gasteiger partial charge < -0.3 is 14.6 Å². The average Bonchev–Trinajstić information content (AvgIpc) is 2.90. The highest BCUT2D eigenvalue weighted by molar-refractivity contribution is 9.10. The lowest BCUT2D eigenvalue weighted by atomic mass is 10.1. The Morgan fingerprint density at radius 3 is 2.79 bits per heavy atom. The summed E-state index contributed by atoms with van der Waals surface area (Å²) in [6.07, 6.45) is 3.50. The highest BCUT2D eigenvalue weighted by Gasteiger charge is 2.13. The van der Waals surface area contributed by atoms with Crippen molar-refractivity contribution >= 4 is 21.6 Å². The Labute approximate surface area is 122 Å². The Kier molecular flexibility index (Phi) is 4.66. The molecule has 2 aromatic rings. The van der Waals surface area contributed by atoms with Crippen LogP contribution in [0.1, 0.15) is 24.1 Å². The Balaban J connectivity index is 2.28. The molecule has 1 atom stereocenters. The molecule has 0 aliphatic heterocycles. The van der Waals surface area contributed by atoms with Crippen LogP contribution in [0.4, 0.5) is 5.69 Å². The summed E-state index contributed by atoms with van der Waals surface area (Å²) in [5.74, 6) is 0. The minimum absolute atomic E-state index is 0.315. The molecule has 0 fully saturated rings. The van der Waals surface area contributed by atoms with Crippen LogP contribution in [-0.4, -0.2) is 14.1 Å². The predicted molar refractivity (Wildman–Crippen MR) is 82.4 cm³/mol. The smallest absolute Gasteiger partial charge is 0.0952 e. The van der Waals surface area contributed by atoms with E-state index in [1.807, 2.05) is 13.1 Å². The molecular weight excluding hydrogens is 304 g/mol. The molecule has 0 radical (unpaired) electrons. The number of nitrogens with one attached hydrogen (secondary N) is 1. The van der Waals surface area contributed by atoms with Crippen LogP contribution in [0.2, 0.25) is 0 Å². The SMILES string of the molecule is CNC(C)c1ccc(Br)cc1N(C)Cc1ccoc1. The summed E-state index contributed by atoms with van der Waals surface area (Å²) in [7, 11) is 4.08. The standard InChI is InChI=1S/C15H19BrN2O/c1-11(17-2)14-5-4-13(16)8-15(14)18(3)9-12-6-7-19-10-12/h4-8,10-11,17H,9H2,1-3H3. The normalized spacial score (nSPS) is 12.4. The number of hydrogen-bond donors (Lipinski definition) is 1. The second-order valence-corrected chi connectivity index (χ2v) is 5.62. The maximum atomic E-state index is 5.13. The van der Waals surface area contributed by atoms with Gasteiger partial charge in [-0.25, -0.2) is 0 Å². The van der Waals surface area contributed by atoms with Gasteiger partial charge in [0.1, 0.15) is 0 Å². The summed E-state index contributed by atoms with van der Waals surface area (Å²) in [6.45, 7) is 2.99. The van der Waals surface area contributed by atoms with Crippen molar-refractivity contribution in [3.05, 3.63) is 52.4 Å². The van der Waals surface area contributed by atoms with E-state index in [9.17, 15) is 0 Å². The summed E-state index contributed by atoms with van der Waals surface area (Å²) in [4.78, 5) is 2.23. The van der Waals surface area contributed by atoms with Crippen LogP contribution >= 0.6 is 15.9 Å². The van der Waals surface area contributed by atoms with Gasteiger partial charge in [0.15, 0.2) is 0 Å². The van der Waals surface area contributed by atoms with Gasteiger partial charge in [0, 0.05) is 35.4 Å². The minimum Gasteiger partial charge on any atom is -0.472 e. The molecule has 0 aliphatic carbocycles. The second-order valence-electron chi connectivity index (χ2n) is 4.70. The van der Waals surface area contributed by atoms with Crippen LogP contribution in [0.5, 0.6) is 0 Å². The van der Waals surface area contributed by atoms with Gasteiger partial charge in [-0.2, -0.15) is 0 Å². The molecule has 0 saturated carbocycles. The zero-order valence-corrected chi connectivity index (χ0v) is 13.1. The van der Waals surface area contributed by atoms with Crippen LogP contribution in [-0.2, 0) is 6.54 Å². The van der Waals surface area contributed by atoms with Gasteiger partial charge in [0.2, 0.25) is 0 Å². The molecule has 0 spiro atoms. The molecule has 1 aromatic carbocycles. The van der Waals surface area contributed by atoms with Gasteiger partial charge in [-0.3, -0.25) is 0 Å². The van der Waals surface area contributed by atoms with E-state index in [0.29, 0.717) is 6.04 Å². The van der Waals surface area contributed by atoms with Gasteiger partial charge in [0.05, 0.1) is 12.5 Å². The first-order valence-electron chi connectivity index (χ1n) is 6.30. The van der Waals surface area contributed by atoms with Crippen molar-refractivity contribution in [3.8, 4) is 0 Å². The lowest BCUT2D eigenvalue weighted by Crippen LogP contribution is -2.21. The highest BCUT2D eigenvalue weighted by atomic mass is 79.9. The zero-order chi connectivity index (χ0) is 13.8.